The van der Waals surface area contributed by atoms with Crippen LogP contribution in [0, 0.1) is 16.0 Å². The van der Waals surface area contributed by atoms with Gasteiger partial charge in [0.2, 0.25) is 0 Å². The molecule has 0 spiro atoms. The largest absolute Gasteiger partial charge is 0.416 e. The number of aryl methyl sites for hydroxylation is 4. The third kappa shape index (κ3) is 5.50. The van der Waals surface area contributed by atoms with Gasteiger partial charge in [0.15, 0.2) is 0 Å². The number of benzene rings is 2. The van der Waals surface area contributed by atoms with Gasteiger partial charge in [0.25, 0.3) is 5.69 Å². The molecule has 0 unspecified atom stereocenters. The van der Waals surface area contributed by atoms with E-state index in [1.807, 2.05) is 0 Å². The summed E-state index contributed by atoms with van der Waals surface area (Å²) in [7, 11) is 0. The number of halogens is 3. The van der Waals surface area contributed by atoms with Crippen molar-refractivity contribution >= 4 is 11.4 Å². The monoisotopic (exact) mass is 460 g/mol. The van der Waals surface area contributed by atoms with E-state index in [0.29, 0.717) is 30.4 Å². The average molecular weight is 461 g/mol. The number of nitro benzene ring substituents is 1. The Morgan fingerprint density at radius 3 is 2.33 bits per heavy atom. The van der Waals surface area contributed by atoms with Gasteiger partial charge in [-0.05, 0) is 92.2 Å². The van der Waals surface area contributed by atoms with Crippen LogP contribution in [0.25, 0.3) is 0 Å². The van der Waals surface area contributed by atoms with E-state index in [4.69, 9.17) is 0 Å². The van der Waals surface area contributed by atoms with Gasteiger partial charge in [0.1, 0.15) is 0 Å². The third-order valence-corrected chi connectivity index (χ3v) is 7.17. The lowest BCUT2D eigenvalue weighted by atomic mass is 9.96. The molecule has 0 aromatic heterocycles. The number of fused-ring (bicyclic) bond motifs is 1. The molecule has 4 rings (SSSR count). The molecule has 0 atom stereocenters. The number of hydrogen-bond donors (Lipinski definition) is 0. The van der Waals surface area contributed by atoms with Gasteiger partial charge in [0, 0.05) is 30.9 Å². The number of rotatable bonds is 8. The fourth-order valence-electron chi connectivity index (χ4n) is 5.43. The molecule has 7 heteroatoms. The SMILES string of the molecule is CCN(CC1CCCC1)c1cc2c(cc1CCc1cc([N+](=O)[O-])cc(C(F)(F)F)c1)CCC2. The lowest BCUT2D eigenvalue weighted by Crippen LogP contribution is -2.29. The molecule has 0 bridgehead atoms. The molecule has 0 heterocycles. The number of nitrogens with zero attached hydrogens (tertiary/aromatic N) is 2. The molecule has 0 N–H and O–H groups in total. The van der Waals surface area contributed by atoms with E-state index in [1.165, 1.54) is 48.6 Å². The van der Waals surface area contributed by atoms with Gasteiger partial charge < -0.3 is 4.90 Å². The van der Waals surface area contributed by atoms with E-state index < -0.39 is 22.4 Å². The first-order valence-corrected chi connectivity index (χ1v) is 12.0. The van der Waals surface area contributed by atoms with Crippen LogP contribution in [0.3, 0.4) is 0 Å². The lowest BCUT2D eigenvalue weighted by Gasteiger charge is -2.29. The summed E-state index contributed by atoms with van der Waals surface area (Å²) in [5, 5.41) is 11.2. The molecule has 2 aromatic carbocycles. The maximum atomic E-state index is 13.3. The second kappa shape index (κ2) is 9.74. The normalized spacial score (nSPS) is 16.2. The van der Waals surface area contributed by atoms with Gasteiger partial charge in [-0.15, -0.1) is 0 Å². The Hall–Kier alpha value is -2.57. The summed E-state index contributed by atoms with van der Waals surface area (Å²) in [6.07, 6.45) is 4.60. The number of anilines is 1. The zero-order valence-electron chi connectivity index (χ0n) is 19.1. The van der Waals surface area contributed by atoms with Crippen LogP contribution in [-0.2, 0) is 31.9 Å². The predicted octanol–water partition coefficient (Wildman–Crippen LogP) is 6.90. The summed E-state index contributed by atoms with van der Waals surface area (Å²) in [4.78, 5) is 12.9. The molecular weight excluding hydrogens is 429 g/mol. The zero-order valence-corrected chi connectivity index (χ0v) is 19.1. The van der Waals surface area contributed by atoms with Crippen molar-refractivity contribution in [3.8, 4) is 0 Å². The number of alkyl halides is 3. The van der Waals surface area contributed by atoms with Crippen LogP contribution in [0.2, 0.25) is 0 Å². The smallest absolute Gasteiger partial charge is 0.371 e. The van der Waals surface area contributed by atoms with Gasteiger partial charge in [-0.2, -0.15) is 13.2 Å². The third-order valence-electron chi connectivity index (χ3n) is 7.17. The van der Waals surface area contributed by atoms with Crippen molar-refractivity contribution in [2.45, 2.75) is 70.9 Å². The minimum Gasteiger partial charge on any atom is -0.371 e. The van der Waals surface area contributed by atoms with Gasteiger partial charge >= 0.3 is 6.18 Å². The first-order chi connectivity index (χ1) is 15.7. The maximum absolute atomic E-state index is 13.3. The second-order valence-corrected chi connectivity index (χ2v) is 9.44. The molecule has 0 radical (unpaired) electrons. The highest BCUT2D eigenvalue weighted by molar-refractivity contribution is 5.59. The van der Waals surface area contributed by atoms with Crippen molar-refractivity contribution in [1.29, 1.82) is 0 Å². The fraction of sp³-hybridized carbons (Fsp3) is 0.538. The number of non-ortho nitro benzene ring substituents is 1. The molecule has 1 fully saturated rings. The molecule has 0 aliphatic heterocycles. The quantitative estimate of drug-likeness (QED) is 0.318. The van der Waals surface area contributed by atoms with Crippen LogP contribution in [0.1, 0.15) is 66.8 Å². The van der Waals surface area contributed by atoms with Gasteiger partial charge in [-0.25, -0.2) is 0 Å². The molecule has 0 amide bonds. The van der Waals surface area contributed by atoms with Crippen molar-refractivity contribution in [2.24, 2.45) is 5.92 Å². The Bertz CT molecular complexity index is 1010. The summed E-state index contributed by atoms with van der Waals surface area (Å²) >= 11 is 0. The molecule has 2 aliphatic rings. The second-order valence-electron chi connectivity index (χ2n) is 9.44. The van der Waals surface area contributed by atoms with Crippen molar-refractivity contribution in [2.75, 3.05) is 18.0 Å². The Labute approximate surface area is 192 Å². The zero-order chi connectivity index (χ0) is 23.6. The summed E-state index contributed by atoms with van der Waals surface area (Å²) in [6, 6.07) is 7.47. The number of hydrogen-bond acceptors (Lipinski definition) is 3. The molecule has 178 valence electrons. The van der Waals surface area contributed by atoms with Gasteiger partial charge in [-0.1, -0.05) is 18.9 Å². The summed E-state index contributed by atoms with van der Waals surface area (Å²) in [5.74, 6) is 0.692. The van der Waals surface area contributed by atoms with Crippen LogP contribution in [0.4, 0.5) is 24.5 Å². The molecule has 2 aromatic rings. The van der Waals surface area contributed by atoms with Crippen molar-refractivity contribution < 1.29 is 18.1 Å². The molecular formula is C26H31F3N2O2. The molecule has 0 saturated heterocycles. The minimum atomic E-state index is -4.61. The summed E-state index contributed by atoms with van der Waals surface area (Å²) in [5.41, 5.74) is 3.92. The Morgan fingerprint density at radius 2 is 1.70 bits per heavy atom. The first-order valence-electron chi connectivity index (χ1n) is 12.0. The van der Waals surface area contributed by atoms with Gasteiger partial charge in [0.05, 0.1) is 10.5 Å². The van der Waals surface area contributed by atoms with Crippen LogP contribution in [0.15, 0.2) is 30.3 Å². The molecule has 1 saturated carbocycles. The molecule has 4 nitrogen and oxygen atoms in total. The van der Waals surface area contributed by atoms with Crippen LogP contribution >= 0.6 is 0 Å². The minimum absolute atomic E-state index is 0.331. The van der Waals surface area contributed by atoms with E-state index >= 15 is 0 Å². The van der Waals surface area contributed by atoms with Crippen LogP contribution < -0.4 is 4.90 Å². The molecule has 33 heavy (non-hydrogen) atoms. The fourth-order valence-corrected chi connectivity index (χ4v) is 5.43. The topological polar surface area (TPSA) is 46.4 Å². The number of nitro groups is 1. The van der Waals surface area contributed by atoms with E-state index in [0.717, 1.165) is 44.0 Å². The average Bonchev–Trinajstić information content (AvgIpc) is 3.46. The Kier molecular flexibility index (Phi) is 6.96. The van der Waals surface area contributed by atoms with E-state index in [2.05, 4.69) is 24.0 Å². The van der Waals surface area contributed by atoms with E-state index in [9.17, 15) is 23.3 Å². The van der Waals surface area contributed by atoms with E-state index in [1.54, 1.807) is 0 Å². The summed E-state index contributed by atoms with van der Waals surface area (Å²) in [6.45, 7) is 4.05. The van der Waals surface area contributed by atoms with E-state index in [-0.39, 0.29) is 0 Å². The van der Waals surface area contributed by atoms with Crippen LogP contribution in [0.5, 0.6) is 0 Å². The molecule has 2 aliphatic carbocycles. The summed E-state index contributed by atoms with van der Waals surface area (Å²) < 4.78 is 39.9. The Balaban J connectivity index is 1.62. The first kappa shape index (κ1) is 23.6. The lowest BCUT2D eigenvalue weighted by molar-refractivity contribution is -0.385. The predicted molar refractivity (Wildman–Crippen MR) is 124 cm³/mol. The van der Waals surface area contributed by atoms with Crippen LogP contribution in [-0.4, -0.2) is 18.0 Å². The highest BCUT2D eigenvalue weighted by Crippen LogP contribution is 2.36. The standard InChI is InChI=1S/C26H31F3N2O2/c1-2-30(17-18-6-3-4-7-18)25-15-21-9-5-8-20(21)14-22(25)11-10-19-12-23(26(27,28)29)16-24(13-19)31(32)33/h12-16,18H,2-11,17H2,1H3. The highest BCUT2D eigenvalue weighted by atomic mass is 19.4. The van der Waals surface area contributed by atoms with Crippen molar-refractivity contribution in [3.05, 3.63) is 68.3 Å². The van der Waals surface area contributed by atoms with Gasteiger partial charge in [-0.3, -0.25) is 10.1 Å². The Morgan fingerprint density at radius 1 is 1.00 bits per heavy atom. The van der Waals surface area contributed by atoms with Crippen molar-refractivity contribution in [1.82, 2.24) is 0 Å². The maximum Gasteiger partial charge on any atom is 0.416 e. The van der Waals surface area contributed by atoms with Crippen molar-refractivity contribution in [3.63, 3.8) is 0 Å². The highest BCUT2D eigenvalue weighted by Gasteiger charge is 2.32.